The zero-order valence-corrected chi connectivity index (χ0v) is 8.89. The van der Waals surface area contributed by atoms with Crippen molar-refractivity contribution in [1.29, 1.82) is 5.26 Å². The molecule has 1 rings (SSSR count). The van der Waals surface area contributed by atoms with Crippen LogP contribution in [0.5, 0.6) is 5.75 Å². The van der Waals surface area contributed by atoms with Gasteiger partial charge in [-0.3, -0.25) is 0 Å². The average molecular weight is 280 g/mol. The number of alkyl halides is 3. The van der Waals surface area contributed by atoms with Crippen LogP contribution in [0.3, 0.4) is 0 Å². The quantitative estimate of drug-likeness (QED) is 0.831. The summed E-state index contributed by atoms with van der Waals surface area (Å²) in [4.78, 5) is 0. The lowest BCUT2D eigenvalue weighted by Gasteiger charge is -2.11. The van der Waals surface area contributed by atoms with Gasteiger partial charge >= 0.3 is 6.36 Å². The van der Waals surface area contributed by atoms with E-state index in [0.717, 1.165) is 0 Å². The molecule has 0 unspecified atom stereocenters. The Balaban J connectivity index is 3.02. The maximum absolute atomic E-state index is 11.9. The maximum atomic E-state index is 11.9. The molecular formula is C9H5BrF3NO. The third kappa shape index (κ3) is 3.80. The van der Waals surface area contributed by atoms with Gasteiger partial charge in [0, 0.05) is 10.0 Å². The molecule has 0 heterocycles. The minimum absolute atomic E-state index is 0.134. The van der Waals surface area contributed by atoms with Crippen molar-refractivity contribution in [1.82, 2.24) is 0 Å². The first-order valence-corrected chi connectivity index (χ1v) is 4.63. The Labute approximate surface area is 92.4 Å². The summed E-state index contributed by atoms with van der Waals surface area (Å²) >= 11 is 3.10. The first-order chi connectivity index (χ1) is 6.92. The average Bonchev–Trinajstić information content (AvgIpc) is 2.08. The molecule has 0 fully saturated rings. The molecular weight excluding hydrogens is 275 g/mol. The van der Waals surface area contributed by atoms with E-state index >= 15 is 0 Å². The van der Waals surface area contributed by atoms with Gasteiger partial charge < -0.3 is 4.74 Å². The molecule has 0 saturated carbocycles. The van der Waals surface area contributed by atoms with Gasteiger partial charge in [0.2, 0.25) is 0 Å². The minimum Gasteiger partial charge on any atom is -0.405 e. The number of hydrogen-bond acceptors (Lipinski definition) is 2. The SMILES string of the molecule is N#CCc1cc(Br)ccc1OC(F)(F)F. The summed E-state index contributed by atoms with van der Waals surface area (Å²) in [5.41, 5.74) is 0.198. The molecule has 80 valence electrons. The molecule has 0 aliphatic rings. The standard InChI is InChI=1S/C9H5BrF3NO/c10-7-1-2-8(15-9(11,12)13)6(5-7)3-4-14/h1-2,5H,3H2. The Morgan fingerprint density at radius 1 is 1.40 bits per heavy atom. The fourth-order valence-corrected chi connectivity index (χ4v) is 1.40. The monoisotopic (exact) mass is 279 g/mol. The molecule has 0 spiro atoms. The predicted octanol–water partition coefficient (Wildman–Crippen LogP) is 3.41. The second-order valence-electron chi connectivity index (χ2n) is 2.63. The molecule has 1 aromatic carbocycles. The third-order valence-corrected chi connectivity index (χ3v) is 2.01. The fourth-order valence-electron chi connectivity index (χ4n) is 0.996. The van der Waals surface area contributed by atoms with Crippen molar-refractivity contribution >= 4 is 15.9 Å². The molecule has 0 aliphatic heterocycles. The largest absolute Gasteiger partial charge is 0.573 e. The van der Waals surface area contributed by atoms with Crippen molar-refractivity contribution in [2.24, 2.45) is 0 Å². The Morgan fingerprint density at radius 3 is 2.60 bits per heavy atom. The van der Waals surface area contributed by atoms with E-state index in [1.165, 1.54) is 18.2 Å². The highest BCUT2D eigenvalue weighted by atomic mass is 79.9. The Hall–Kier alpha value is -1.22. The van der Waals surface area contributed by atoms with Crippen LogP contribution in [0, 0.1) is 11.3 Å². The van der Waals surface area contributed by atoms with Gasteiger partial charge in [-0.05, 0) is 18.2 Å². The van der Waals surface area contributed by atoms with Crippen LogP contribution in [0.2, 0.25) is 0 Å². The van der Waals surface area contributed by atoms with Crippen molar-refractivity contribution in [2.75, 3.05) is 0 Å². The van der Waals surface area contributed by atoms with E-state index in [2.05, 4.69) is 20.7 Å². The first kappa shape index (κ1) is 11.9. The van der Waals surface area contributed by atoms with E-state index in [4.69, 9.17) is 5.26 Å². The zero-order valence-electron chi connectivity index (χ0n) is 7.31. The second kappa shape index (κ2) is 4.53. The predicted molar refractivity (Wildman–Crippen MR) is 50.1 cm³/mol. The topological polar surface area (TPSA) is 33.0 Å². The Bertz CT molecular complexity index is 397. The van der Waals surface area contributed by atoms with Crippen LogP contribution in [0.15, 0.2) is 22.7 Å². The van der Waals surface area contributed by atoms with Crippen LogP contribution in [-0.2, 0) is 6.42 Å². The first-order valence-electron chi connectivity index (χ1n) is 3.83. The summed E-state index contributed by atoms with van der Waals surface area (Å²) in [7, 11) is 0. The molecule has 0 saturated heterocycles. The van der Waals surface area contributed by atoms with E-state index in [1.807, 2.05) is 0 Å². The van der Waals surface area contributed by atoms with Crippen molar-refractivity contribution < 1.29 is 17.9 Å². The lowest BCUT2D eigenvalue weighted by molar-refractivity contribution is -0.274. The molecule has 0 N–H and O–H groups in total. The lowest BCUT2D eigenvalue weighted by Crippen LogP contribution is -2.18. The highest BCUT2D eigenvalue weighted by Crippen LogP contribution is 2.28. The molecule has 2 nitrogen and oxygen atoms in total. The van der Waals surface area contributed by atoms with Gasteiger partial charge in [0.1, 0.15) is 5.75 Å². The fraction of sp³-hybridized carbons (Fsp3) is 0.222. The number of benzene rings is 1. The maximum Gasteiger partial charge on any atom is 0.573 e. The smallest absolute Gasteiger partial charge is 0.405 e. The minimum atomic E-state index is -4.74. The van der Waals surface area contributed by atoms with Crippen molar-refractivity contribution in [2.45, 2.75) is 12.8 Å². The molecule has 0 atom stereocenters. The van der Waals surface area contributed by atoms with E-state index in [9.17, 15) is 13.2 Å². The Kier molecular flexibility index (Phi) is 3.58. The number of ether oxygens (including phenoxy) is 1. The van der Waals surface area contributed by atoms with E-state index in [0.29, 0.717) is 4.47 Å². The van der Waals surface area contributed by atoms with Gasteiger partial charge in [0.15, 0.2) is 0 Å². The van der Waals surface area contributed by atoms with Gasteiger partial charge in [-0.25, -0.2) is 0 Å². The summed E-state index contributed by atoms with van der Waals surface area (Å²) in [5, 5.41) is 8.43. The summed E-state index contributed by atoms with van der Waals surface area (Å²) in [5.74, 6) is -0.341. The van der Waals surface area contributed by atoms with Crippen LogP contribution in [-0.4, -0.2) is 6.36 Å². The summed E-state index contributed by atoms with van der Waals surface area (Å²) in [6.45, 7) is 0. The summed E-state index contributed by atoms with van der Waals surface area (Å²) in [6.07, 6.45) is -4.87. The van der Waals surface area contributed by atoms with Gasteiger partial charge in [-0.15, -0.1) is 13.2 Å². The second-order valence-corrected chi connectivity index (χ2v) is 3.55. The van der Waals surface area contributed by atoms with Crippen LogP contribution in [0.25, 0.3) is 0 Å². The highest BCUT2D eigenvalue weighted by molar-refractivity contribution is 9.10. The van der Waals surface area contributed by atoms with Gasteiger partial charge in [-0.1, -0.05) is 15.9 Å². The van der Waals surface area contributed by atoms with Gasteiger partial charge in [0.25, 0.3) is 0 Å². The van der Waals surface area contributed by atoms with Gasteiger partial charge in [-0.2, -0.15) is 5.26 Å². The lowest BCUT2D eigenvalue weighted by atomic mass is 10.1. The van der Waals surface area contributed by atoms with Crippen molar-refractivity contribution in [3.63, 3.8) is 0 Å². The highest BCUT2D eigenvalue weighted by Gasteiger charge is 2.32. The molecule has 0 aliphatic carbocycles. The number of nitriles is 1. The number of hydrogen-bond donors (Lipinski definition) is 0. The normalized spacial score (nSPS) is 10.9. The molecule has 0 aromatic heterocycles. The summed E-state index contributed by atoms with van der Waals surface area (Å²) < 4.78 is 40.2. The van der Waals surface area contributed by atoms with Crippen LogP contribution < -0.4 is 4.74 Å². The summed E-state index contributed by atoms with van der Waals surface area (Å²) in [6, 6.07) is 5.78. The number of rotatable bonds is 2. The molecule has 0 radical (unpaired) electrons. The van der Waals surface area contributed by atoms with Crippen LogP contribution in [0.4, 0.5) is 13.2 Å². The molecule has 1 aromatic rings. The van der Waals surface area contributed by atoms with Gasteiger partial charge in [0.05, 0.1) is 12.5 Å². The van der Waals surface area contributed by atoms with Crippen LogP contribution in [0.1, 0.15) is 5.56 Å². The van der Waals surface area contributed by atoms with Crippen LogP contribution >= 0.6 is 15.9 Å². The van der Waals surface area contributed by atoms with E-state index in [-0.39, 0.29) is 17.7 Å². The zero-order chi connectivity index (χ0) is 11.5. The Morgan fingerprint density at radius 2 is 2.07 bits per heavy atom. The number of nitrogens with zero attached hydrogens (tertiary/aromatic N) is 1. The van der Waals surface area contributed by atoms with Crippen molar-refractivity contribution in [3.8, 4) is 11.8 Å². The number of halogens is 4. The van der Waals surface area contributed by atoms with Crippen molar-refractivity contribution in [3.05, 3.63) is 28.2 Å². The molecule has 0 bridgehead atoms. The molecule has 0 amide bonds. The van der Waals surface area contributed by atoms with E-state index < -0.39 is 6.36 Å². The molecule has 6 heteroatoms. The third-order valence-electron chi connectivity index (χ3n) is 1.52. The van der Waals surface area contributed by atoms with E-state index in [1.54, 1.807) is 6.07 Å². The molecule has 15 heavy (non-hydrogen) atoms.